The fourth-order valence-electron chi connectivity index (χ4n) is 3.43. The van der Waals surface area contributed by atoms with E-state index in [9.17, 15) is 9.59 Å². The Morgan fingerprint density at radius 1 is 1.42 bits per heavy atom. The Kier molecular flexibility index (Phi) is 3.85. The zero-order chi connectivity index (χ0) is 14.2. The molecule has 2 heterocycles. The van der Waals surface area contributed by atoms with Gasteiger partial charge in [0.2, 0.25) is 11.8 Å². The van der Waals surface area contributed by atoms with Crippen molar-refractivity contribution in [2.45, 2.75) is 58.2 Å². The summed E-state index contributed by atoms with van der Waals surface area (Å²) in [7, 11) is 0. The van der Waals surface area contributed by atoms with Gasteiger partial charge in [-0.15, -0.1) is 0 Å². The average molecular weight is 267 g/mol. The van der Waals surface area contributed by atoms with Crippen LogP contribution in [0.2, 0.25) is 0 Å². The van der Waals surface area contributed by atoms with Gasteiger partial charge in [0.15, 0.2) is 0 Å². The molecule has 2 amide bonds. The Hall–Kier alpha value is -1.10. The van der Waals surface area contributed by atoms with Gasteiger partial charge in [-0.1, -0.05) is 0 Å². The third-order valence-electron chi connectivity index (χ3n) is 4.01. The van der Waals surface area contributed by atoms with Crippen molar-refractivity contribution >= 4 is 11.8 Å². The predicted molar refractivity (Wildman–Crippen MR) is 73.7 cm³/mol. The molecule has 1 atom stereocenters. The van der Waals surface area contributed by atoms with Crippen LogP contribution < -0.4 is 5.32 Å². The first-order valence-electron chi connectivity index (χ1n) is 7.17. The summed E-state index contributed by atoms with van der Waals surface area (Å²) < 4.78 is 0. The molecule has 0 radical (unpaired) electrons. The molecule has 0 saturated carbocycles. The molecule has 2 aliphatic rings. The number of rotatable bonds is 2. The summed E-state index contributed by atoms with van der Waals surface area (Å²) in [5, 5.41) is 3.21. The van der Waals surface area contributed by atoms with Crippen LogP contribution >= 0.6 is 0 Å². The second-order valence-electron chi connectivity index (χ2n) is 6.51. The summed E-state index contributed by atoms with van der Waals surface area (Å²) in [6.45, 7) is 9.86. The Morgan fingerprint density at radius 2 is 2.11 bits per heavy atom. The summed E-state index contributed by atoms with van der Waals surface area (Å²) in [5.41, 5.74) is -0.294. The fourth-order valence-corrected chi connectivity index (χ4v) is 3.43. The maximum Gasteiger partial charge on any atom is 0.242 e. The second kappa shape index (κ2) is 5.12. The zero-order valence-electron chi connectivity index (χ0n) is 12.4. The number of hydrogen-bond donors (Lipinski definition) is 1. The van der Waals surface area contributed by atoms with Crippen LogP contribution in [0.4, 0.5) is 0 Å². The van der Waals surface area contributed by atoms with Crippen LogP contribution in [0.3, 0.4) is 0 Å². The van der Waals surface area contributed by atoms with E-state index in [0.29, 0.717) is 6.54 Å². The molecule has 0 spiro atoms. The van der Waals surface area contributed by atoms with Crippen LogP contribution in [0, 0.1) is 0 Å². The molecule has 0 aromatic rings. The standard InChI is InChI=1S/C14H25N3O2/c1-10(2)17-12(18)8-16(9-14(17,3)4)13(19)11-6-5-7-15-11/h10-11,15H,5-9H2,1-4H3. The lowest BCUT2D eigenvalue weighted by atomic mass is 9.96. The van der Waals surface area contributed by atoms with Crippen molar-refractivity contribution in [3.8, 4) is 0 Å². The van der Waals surface area contributed by atoms with E-state index >= 15 is 0 Å². The van der Waals surface area contributed by atoms with Gasteiger partial charge in [-0.05, 0) is 47.1 Å². The zero-order valence-corrected chi connectivity index (χ0v) is 12.4. The van der Waals surface area contributed by atoms with Crippen molar-refractivity contribution in [2.24, 2.45) is 0 Å². The molecule has 2 rings (SSSR count). The highest BCUT2D eigenvalue weighted by Gasteiger charge is 2.42. The van der Waals surface area contributed by atoms with E-state index in [1.54, 1.807) is 4.90 Å². The molecule has 2 saturated heterocycles. The summed E-state index contributed by atoms with van der Waals surface area (Å²) in [4.78, 5) is 28.3. The topological polar surface area (TPSA) is 52.7 Å². The molecule has 0 aromatic carbocycles. The van der Waals surface area contributed by atoms with E-state index in [0.717, 1.165) is 19.4 Å². The molecule has 5 heteroatoms. The predicted octanol–water partition coefficient (Wildman–Crippen LogP) is 0.596. The fraction of sp³-hybridized carbons (Fsp3) is 0.857. The summed E-state index contributed by atoms with van der Waals surface area (Å²) in [6.07, 6.45) is 1.93. The van der Waals surface area contributed by atoms with Gasteiger partial charge in [0.25, 0.3) is 0 Å². The second-order valence-corrected chi connectivity index (χ2v) is 6.51. The van der Waals surface area contributed by atoms with Crippen molar-refractivity contribution in [1.29, 1.82) is 0 Å². The van der Waals surface area contributed by atoms with E-state index in [2.05, 4.69) is 5.32 Å². The number of piperazine rings is 1. The number of nitrogens with one attached hydrogen (secondary N) is 1. The number of nitrogens with zero attached hydrogens (tertiary/aromatic N) is 2. The summed E-state index contributed by atoms with van der Waals surface area (Å²) in [6, 6.07) is 0.0820. The van der Waals surface area contributed by atoms with Crippen molar-refractivity contribution in [2.75, 3.05) is 19.6 Å². The van der Waals surface area contributed by atoms with Gasteiger partial charge in [-0.3, -0.25) is 9.59 Å². The Labute approximate surface area is 115 Å². The molecule has 1 unspecified atom stereocenters. The van der Waals surface area contributed by atoms with Gasteiger partial charge in [0.1, 0.15) is 0 Å². The molecule has 0 aromatic heterocycles. The van der Waals surface area contributed by atoms with E-state index in [1.807, 2.05) is 32.6 Å². The maximum atomic E-state index is 12.4. The van der Waals surface area contributed by atoms with E-state index in [1.165, 1.54) is 0 Å². The maximum absolute atomic E-state index is 12.4. The third-order valence-corrected chi connectivity index (χ3v) is 4.01. The largest absolute Gasteiger partial charge is 0.332 e. The molecule has 1 N–H and O–H groups in total. The lowest BCUT2D eigenvalue weighted by molar-refractivity contribution is -0.156. The van der Waals surface area contributed by atoms with Crippen LogP contribution in [0.25, 0.3) is 0 Å². The van der Waals surface area contributed by atoms with Crippen LogP contribution in [0.15, 0.2) is 0 Å². The minimum absolute atomic E-state index is 0.0533. The highest BCUT2D eigenvalue weighted by Crippen LogP contribution is 2.25. The van der Waals surface area contributed by atoms with Crippen LogP contribution in [-0.4, -0.2) is 58.9 Å². The number of hydrogen-bond acceptors (Lipinski definition) is 3. The molecule has 108 valence electrons. The Balaban J connectivity index is 2.10. The number of carbonyl (C=O) groups is 2. The first kappa shape index (κ1) is 14.3. The first-order valence-corrected chi connectivity index (χ1v) is 7.17. The SMILES string of the molecule is CC(C)N1C(=O)CN(C(=O)C2CCCN2)CC1(C)C. The summed E-state index contributed by atoms with van der Waals surface area (Å²) in [5.74, 6) is 0.139. The minimum Gasteiger partial charge on any atom is -0.332 e. The monoisotopic (exact) mass is 267 g/mol. The van der Waals surface area contributed by atoms with Crippen LogP contribution in [0.5, 0.6) is 0 Å². The van der Waals surface area contributed by atoms with E-state index in [4.69, 9.17) is 0 Å². The van der Waals surface area contributed by atoms with Gasteiger partial charge in [0, 0.05) is 12.6 Å². The molecular formula is C14H25N3O2. The van der Waals surface area contributed by atoms with Gasteiger partial charge in [0.05, 0.1) is 18.1 Å². The third kappa shape index (κ3) is 2.76. The molecule has 2 aliphatic heterocycles. The van der Waals surface area contributed by atoms with Gasteiger partial charge in [-0.2, -0.15) is 0 Å². The van der Waals surface area contributed by atoms with Crippen LogP contribution in [0.1, 0.15) is 40.5 Å². The van der Waals surface area contributed by atoms with E-state index in [-0.39, 0.29) is 36.0 Å². The van der Waals surface area contributed by atoms with Crippen molar-refractivity contribution in [3.63, 3.8) is 0 Å². The Morgan fingerprint density at radius 3 is 2.58 bits per heavy atom. The smallest absolute Gasteiger partial charge is 0.242 e. The van der Waals surface area contributed by atoms with Gasteiger partial charge >= 0.3 is 0 Å². The van der Waals surface area contributed by atoms with Crippen molar-refractivity contribution in [1.82, 2.24) is 15.1 Å². The molecule has 0 bridgehead atoms. The molecule has 0 aliphatic carbocycles. The van der Waals surface area contributed by atoms with Gasteiger partial charge in [-0.25, -0.2) is 0 Å². The molecule has 19 heavy (non-hydrogen) atoms. The lowest BCUT2D eigenvalue weighted by Crippen LogP contribution is -2.66. The highest BCUT2D eigenvalue weighted by atomic mass is 16.2. The average Bonchev–Trinajstić information content (AvgIpc) is 2.78. The number of carbonyl (C=O) groups excluding carboxylic acids is 2. The van der Waals surface area contributed by atoms with Crippen LogP contribution in [-0.2, 0) is 9.59 Å². The molecule has 5 nitrogen and oxygen atoms in total. The molecular weight excluding hydrogens is 242 g/mol. The molecule has 2 fully saturated rings. The normalized spacial score (nSPS) is 27.2. The quantitative estimate of drug-likeness (QED) is 0.797. The minimum atomic E-state index is -0.294. The van der Waals surface area contributed by atoms with E-state index < -0.39 is 0 Å². The van der Waals surface area contributed by atoms with Crippen molar-refractivity contribution < 1.29 is 9.59 Å². The van der Waals surface area contributed by atoms with Crippen molar-refractivity contribution in [3.05, 3.63) is 0 Å². The summed E-state index contributed by atoms with van der Waals surface area (Å²) >= 11 is 0. The Bertz CT molecular complexity index is 373. The van der Waals surface area contributed by atoms with Gasteiger partial charge < -0.3 is 15.1 Å². The first-order chi connectivity index (χ1) is 8.83. The highest BCUT2D eigenvalue weighted by molar-refractivity contribution is 5.89. The lowest BCUT2D eigenvalue weighted by Gasteiger charge is -2.49. The number of amides is 2.